The number of ether oxygens (including phenoxy) is 1. The molecule has 0 aliphatic carbocycles. The summed E-state index contributed by atoms with van der Waals surface area (Å²) in [5, 5.41) is 8.27. The van der Waals surface area contributed by atoms with Crippen LogP contribution >= 0.6 is 0 Å². The van der Waals surface area contributed by atoms with E-state index >= 15 is 0 Å². The molecule has 54 valence electrons. The molecular weight excluding hydrogens is 116 g/mol. The van der Waals surface area contributed by atoms with Crippen LogP contribution in [0.25, 0.3) is 0 Å². The van der Waals surface area contributed by atoms with Gasteiger partial charge in [0.1, 0.15) is 6.61 Å². The monoisotopic (exact) mass is 130 g/mol. The molecule has 0 aliphatic rings. The first-order valence-corrected chi connectivity index (χ1v) is 3.16. The zero-order valence-corrected chi connectivity index (χ0v) is 6.00. The van der Waals surface area contributed by atoms with Crippen molar-refractivity contribution in [2.45, 2.75) is 13.8 Å². The van der Waals surface area contributed by atoms with Gasteiger partial charge in [0.15, 0.2) is 0 Å². The van der Waals surface area contributed by atoms with E-state index in [2.05, 4.69) is 13.8 Å². The zero-order chi connectivity index (χ0) is 7.11. The number of allylic oxidation sites excluding steroid dienone is 1. The molecular formula is C7H14O2. The van der Waals surface area contributed by atoms with Gasteiger partial charge in [0.2, 0.25) is 0 Å². The van der Waals surface area contributed by atoms with Gasteiger partial charge >= 0.3 is 0 Å². The van der Waals surface area contributed by atoms with Crippen molar-refractivity contribution in [3.8, 4) is 0 Å². The highest BCUT2D eigenvalue weighted by Crippen LogP contribution is 1.92. The van der Waals surface area contributed by atoms with Crippen molar-refractivity contribution in [2.24, 2.45) is 5.92 Å². The van der Waals surface area contributed by atoms with Crippen LogP contribution in [-0.2, 0) is 4.74 Å². The Kier molecular flexibility index (Phi) is 5.32. The van der Waals surface area contributed by atoms with E-state index in [9.17, 15) is 0 Å². The topological polar surface area (TPSA) is 29.5 Å². The smallest absolute Gasteiger partial charge is 0.110 e. The molecule has 0 bridgehead atoms. The second-order valence-corrected chi connectivity index (χ2v) is 2.17. The molecule has 0 fully saturated rings. The molecule has 0 unspecified atom stereocenters. The van der Waals surface area contributed by atoms with Crippen LogP contribution in [-0.4, -0.2) is 18.3 Å². The fourth-order valence-corrected chi connectivity index (χ4v) is 0.333. The fraction of sp³-hybridized carbons (Fsp3) is 0.714. The van der Waals surface area contributed by atoms with Gasteiger partial charge in [-0.1, -0.05) is 13.8 Å². The van der Waals surface area contributed by atoms with E-state index in [0.29, 0.717) is 12.5 Å². The molecule has 1 N–H and O–H groups in total. The molecule has 9 heavy (non-hydrogen) atoms. The molecule has 0 aromatic heterocycles. The lowest BCUT2D eigenvalue weighted by molar-refractivity contribution is 0.165. The van der Waals surface area contributed by atoms with E-state index in [1.807, 2.05) is 6.08 Å². The van der Waals surface area contributed by atoms with E-state index in [4.69, 9.17) is 9.84 Å². The Morgan fingerprint density at radius 3 is 2.67 bits per heavy atom. The van der Waals surface area contributed by atoms with Gasteiger partial charge in [-0.05, 0) is 12.0 Å². The summed E-state index contributed by atoms with van der Waals surface area (Å²) in [5.74, 6) is 0.517. The highest BCUT2D eigenvalue weighted by molar-refractivity contribution is 4.76. The Morgan fingerprint density at radius 1 is 1.56 bits per heavy atom. The van der Waals surface area contributed by atoms with Crippen LogP contribution < -0.4 is 0 Å². The summed E-state index contributed by atoms with van der Waals surface area (Å²) < 4.78 is 4.86. The molecule has 0 aromatic carbocycles. The van der Waals surface area contributed by atoms with Gasteiger partial charge in [0, 0.05) is 0 Å². The Bertz CT molecular complexity index is 77.0. The van der Waals surface area contributed by atoms with Crippen molar-refractivity contribution in [1.29, 1.82) is 0 Å². The average molecular weight is 130 g/mol. The Morgan fingerprint density at radius 2 is 2.22 bits per heavy atom. The molecule has 2 nitrogen and oxygen atoms in total. The maximum absolute atomic E-state index is 8.27. The summed E-state index contributed by atoms with van der Waals surface area (Å²) in [7, 11) is 0. The molecule has 0 amide bonds. The predicted molar refractivity (Wildman–Crippen MR) is 37.0 cm³/mol. The first kappa shape index (κ1) is 8.50. The molecule has 0 saturated carbocycles. The summed E-state index contributed by atoms with van der Waals surface area (Å²) in [6.07, 6.45) is 3.57. The maximum atomic E-state index is 8.27. The molecule has 0 aliphatic heterocycles. The van der Waals surface area contributed by atoms with Crippen molar-refractivity contribution < 1.29 is 9.84 Å². The summed E-state index contributed by atoms with van der Waals surface area (Å²) in [5.41, 5.74) is 0. The summed E-state index contributed by atoms with van der Waals surface area (Å²) in [4.78, 5) is 0. The van der Waals surface area contributed by atoms with Gasteiger partial charge in [0.25, 0.3) is 0 Å². The molecule has 2 heteroatoms. The standard InChI is InChI=1S/C7H14O2/c1-7(2)3-5-9-6-4-8/h3,5,7-8H,4,6H2,1-2H3. The van der Waals surface area contributed by atoms with E-state index in [1.54, 1.807) is 6.26 Å². The molecule has 0 saturated heterocycles. The quantitative estimate of drug-likeness (QED) is 0.457. The number of aliphatic hydroxyl groups is 1. The van der Waals surface area contributed by atoms with Crippen molar-refractivity contribution >= 4 is 0 Å². The van der Waals surface area contributed by atoms with Crippen LogP contribution in [0.3, 0.4) is 0 Å². The highest BCUT2D eigenvalue weighted by Gasteiger charge is 1.81. The lowest BCUT2D eigenvalue weighted by atomic mass is 10.2. The van der Waals surface area contributed by atoms with Crippen LogP contribution in [0.1, 0.15) is 13.8 Å². The molecule has 0 radical (unpaired) electrons. The van der Waals surface area contributed by atoms with Crippen molar-refractivity contribution in [2.75, 3.05) is 13.2 Å². The van der Waals surface area contributed by atoms with Gasteiger partial charge in [-0.25, -0.2) is 0 Å². The third-order valence-corrected chi connectivity index (χ3v) is 0.769. The minimum absolute atomic E-state index is 0.0857. The van der Waals surface area contributed by atoms with Gasteiger partial charge in [0.05, 0.1) is 12.9 Å². The zero-order valence-electron chi connectivity index (χ0n) is 6.00. The lowest BCUT2D eigenvalue weighted by Gasteiger charge is -1.96. The SMILES string of the molecule is CC(C)C=COCCO. The van der Waals surface area contributed by atoms with Gasteiger partial charge in [-0.15, -0.1) is 0 Å². The van der Waals surface area contributed by atoms with E-state index in [-0.39, 0.29) is 6.61 Å². The van der Waals surface area contributed by atoms with Gasteiger partial charge in [-0.2, -0.15) is 0 Å². The summed E-state index contributed by atoms with van der Waals surface area (Å²) in [6.45, 7) is 4.61. The van der Waals surface area contributed by atoms with Gasteiger partial charge < -0.3 is 9.84 Å². The highest BCUT2D eigenvalue weighted by atomic mass is 16.5. The second kappa shape index (κ2) is 5.63. The lowest BCUT2D eigenvalue weighted by Crippen LogP contribution is -1.92. The normalized spacial score (nSPS) is 11.1. The molecule has 0 rings (SSSR count). The van der Waals surface area contributed by atoms with Gasteiger partial charge in [-0.3, -0.25) is 0 Å². The van der Waals surface area contributed by atoms with E-state index in [0.717, 1.165) is 0 Å². The average Bonchev–Trinajstić information content (AvgIpc) is 1.80. The fourth-order valence-electron chi connectivity index (χ4n) is 0.333. The number of hydrogen-bond donors (Lipinski definition) is 1. The van der Waals surface area contributed by atoms with E-state index < -0.39 is 0 Å². The first-order chi connectivity index (χ1) is 4.27. The minimum atomic E-state index is 0.0857. The Hall–Kier alpha value is -0.500. The third-order valence-electron chi connectivity index (χ3n) is 0.769. The van der Waals surface area contributed by atoms with Crippen molar-refractivity contribution in [1.82, 2.24) is 0 Å². The number of aliphatic hydroxyl groups excluding tert-OH is 1. The number of hydrogen-bond acceptors (Lipinski definition) is 2. The minimum Gasteiger partial charge on any atom is -0.499 e. The van der Waals surface area contributed by atoms with Crippen LogP contribution in [0, 0.1) is 5.92 Å². The van der Waals surface area contributed by atoms with E-state index in [1.165, 1.54) is 0 Å². The molecule has 0 heterocycles. The molecule has 0 aromatic rings. The summed E-state index contributed by atoms with van der Waals surface area (Å²) in [6, 6.07) is 0. The third kappa shape index (κ3) is 7.50. The van der Waals surface area contributed by atoms with Crippen molar-refractivity contribution in [3.63, 3.8) is 0 Å². The van der Waals surface area contributed by atoms with Crippen LogP contribution in [0.5, 0.6) is 0 Å². The second-order valence-electron chi connectivity index (χ2n) is 2.17. The Balaban J connectivity index is 3.04. The predicted octanol–water partition coefficient (Wildman–Crippen LogP) is 1.16. The maximum Gasteiger partial charge on any atom is 0.110 e. The van der Waals surface area contributed by atoms with Crippen molar-refractivity contribution in [3.05, 3.63) is 12.3 Å². The van der Waals surface area contributed by atoms with Crippen LogP contribution in [0.4, 0.5) is 0 Å². The molecule has 0 atom stereocenters. The number of rotatable bonds is 4. The largest absolute Gasteiger partial charge is 0.499 e. The van der Waals surface area contributed by atoms with Crippen LogP contribution in [0.2, 0.25) is 0 Å². The summed E-state index contributed by atoms with van der Waals surface area (Å²) >= 11 is 0. The first-order valence-electron chi connectivity index (χ1n) is 3.16. The Labute approximate surface area is 56.1 Å². The molecule has 0 spiro atoms. The van der Waals surface area contributed by atoms with Crippen LogP contribution in [0.15, 0.2) is 12.3 Å².